The molecule has 1 amide bonds. The number of aryl methyl sites for hydroxylation is 1. The highest BCUT2D eigenvalue weighted by molar-refractivity contribution is 5.79. The summed E-state index contributed by atoms with van der Waals surface area (Å²) in [5, 5.41) is 3.05. The van der Waals surface area contributed by atoms with Gasteiger partial charge in [-0.1, -0.05) is 31.2 Å². The van der Waals surface area contributed by atoms with Gasteiger partial charge >= 0.3 is 0 Å². The second-order valence-electron chi connectivity index (χ2n) is 6.73. The molecule has 0 aliphatic rings. The van der Waals surface area contributed by atoms with Gasteiger partial charge in [0.05, 0.1) is 26.7 Å². The highest BCUT2D eigenvalue weighted by Crippen LogP contribution is 2.24. The van der Waals surface area contributed by atoms with E-state index < -0.39 is 0 Å². The fourth-order valence-corrected chi connectivity index (χ4v) is 3.04. The first-order chi connectivity index (χ1) is 13.0. The van der Waals surface area contributed by atoms with Crippen LogP contribution in [0, 0.1) is 0 Å². The van der Waals surface area contributed by atoms with Crippen molar-refractivity contribution in [3.63, 3.8) is 0 Å². The first-order valence-electron chi connectivity index (χ1n) is 9.21. The molecule has 0 spiro atoms. The zero-order valence-corrected chi connectivity index (χ0v) is 16.9. The van der Waals surface area contributed by atoms with Gasteiger partial charge in [-0.05, 0) is 49.8 Å². The van der Waals surface area contributed by atoms with Gasteiger partial charge in [-0.25, -0.2) is 0 Å². The van der Waals surface area contributed by atoms with Crippen LogP contribution in [0.2, 0.25) is 0 Å². The summed E-state index contributed by atoms with van der Waals surface area (Å²) >= 11 is 0. The van der Waals surface area contributed by atoms with Crippen LogP contribution in [0.3, 0.4) is 0 Å². The molecule has 0 radical (unpaired) electrons. The molecule has 0 saturated heterocycles. The van der Waals surface area contributed by atoms with Gasteiger partial charge in [0.2, 0.25) is 5.91 Å². The predicted molar refractivity (Wildman–Crippen MR) is 109 cm³/mol. The molecular weight excluding hydrogens is 340 g/mol. The summed E-state index contributed by atoms with van der Waals surface area (Å²) < 4.78 is 10.6. The minimum atomic E-state index is -0.0430. The lowest BCUT2D eigenvalue weighted by molar-refractivity contribution is -0.120. The summed E-state index contributed by atoms with van der Waals surface area (Å²) in [4.78, 5) is 14.6. The van der Waals surface area contributed by atoms with E-state index in [-0.39, 0.29) is 18.4 Å². The van der Waals surface area contributed by atoms with Crippen molar-refractivity contribution in [1.82, 2.24) is 10.2 Å². The minimum Gasteiger partial charge on any atom is -0.497 e. The van der Waals surface area contributed by atoms with Gasteiger partial charge in [0.15, 0.2) is 0 Å². The van der Waals surface area contributed by atoms with E-state index in [9.17, 15) is 4.79 Å². The highest BCUT2D eigenvalue weighted by Gasteiger charge is 2.16. The zero-order chi connectivity index (χ0) is 19.8. The molecule has 1 N–H and O–H groups in total. The molecule has 0 fully saturated rings. The number of amides is 1. The number of rotatable bonds is 9. The Labute approximate surface area is 162 Å². The van der Waals surface area contributed by atoms with E-state index in [1.165, 1.54) is 11.1 Å². The largest absolute Gasteiger partial charge is 0.497 e. The monoisotopic (exact) mass is 370 g/mol. The van der Waals surface area contributed by atoms with Gasteiger partial charge in [-0.3, -0.25) is 4.79 Å². The molecule has 0 heterocycles. The Kier molecular flexibility index (Phi) is 7.67. The van der Waals surface area contributed by atoms with E-state index in [1.54, 1.807) is 14.2 Å². The maximum atomic E-state index is 12.5. The maximum Gasteiger partial charge on any atom is 0.224 e. The molecule has 1 atom stereocenters. The van der Waals surface area contributed by atoms with Crippen LogP contribution in [-0.2, 0) is 17.6 Å². The van der Waals surface area contributed by atoms with Crippen molar-refractivity contribution >= 4 is 5.91 Å². The lowest BCUT2D eigenvalue weighted by atomic mass is 10.0. The van der Waals surface area contributed by atoms with Crippen molar-refractivity contribution in [1.29, 1.82) is 0 Å². The first-order valence-corrected chi connectivity index (χ1v) is 9.21. The predicted octanol–water partition coefficient (Wildman–Crippen LogP) is 3.23. The molecule has 5 nitrogen and oxygen atoms in total. The van der Waals surface area contributed by atoms with Crippen molar-refractivity contribution in [2.45, 2.75) is 25.8 Å². The van der Waals surface area contributed by atoms with Gasteiger partial charge in [0.25, 0.3) is 0 Å². The SMILES string of the molecule is CCc1ccc(C(CNC(=O)Cc2cc(OC)ccc2OC)N(C)C)cc1. The average molecular weight is 370 g/mol. The van der Waals surface area contributed by atoms with Crippen LogP contribution < -0.4 is 14.8 Å². The molecule has 2 rings (SSSR count). The molecule has 146 valence electrons. The standard InChI is InChI=1S/C22H30N2O3/c1-6-16-7-9-17(10-8-16)20(24(2)3)15-23-22(25)14-18-13-19(26-4)11-12-21(18)27-5/h7-13,20H,6,14-15H2,1-5H3,(H,23,25). The third-order valence-electron chi connectivity index (χ3n) is 4.73. The van der Waals surface area contributed by atoms with Crippen LogP contribution in [0.25, 0.3) is 0 Å². The number of likely N-dealkylation sites (N-methyl/N-ethyl adjacent to an activating group) is 1. The summed E-state index contributed by atoms with van der Waals surface area (Å²) in [7, 11) is 7.26. The zero-order valence-electron chi connectivity index (χ0n) is 16.9. The molecule has 0 aliphatic heterocycles. The third-order valence-corrected chi connectivity index (χ3v) is 4.73. The number of methoxy groups -OCH3 is 2. The summed E-state index contributed by atoms with van der Waals surface area (Å²) in [5.41, 5.74) is 3.31. The topological polar surface area (TPSA) is 50.8 Å². The van der Waals surface area contributed by atoms with Crippen molar-refractivity contribution in [2.75, 3.05) is 34.9 Å². The third kappa shape index (κ3) is 5.73. The van der Waals surface area contributed by atoms with Crippen molar-refractivity contribution in [3.05, 3.63) is 59.2 Å². The molecule has 2 aromatic rings. The summed E-state index contributed by atoms with van der Waals surface area (Å²) in [6.45, 7) is 2.69. The highest BCUT2D eigenvalue weighted by atomic mass is 16.5. The van der Waals surface area contributed by atoms with E-state index in [0.29, 0.717) is 18.0 Å². The van der Waals surface area contributed by atoms with Gasteiger partial charge in [-0.15, -0.1) is 0 Å². The summed E-state index contributed by atoms with van der Waals surface area (Å²) in [6, 6.07) is 14.2. The van der Waals surface area contributed by atoms with Crippen molar-refractivity contribution in [3.8, 4) is 11.5 Å². The van der Waals surface area contributed by atoms with Crippen LogP contribution in [0.5, 0.6) is 11.5 Å². The Hall–Kier alpha value is -2.53. The Morgan fingerprint density at radius 1 is 1.07 bits per heavy atom. The van der Waals surface area contributed by atoms with Crippen LogP contribution in [0.15, 0.2) is 42.5 Å². The molecule has 5 heteroatoms. The van der Waals surface area contributed by atoms with Crippen molar-refractivity contribution < 1.29 is 14.3 Å². The molecule has 0 bridgehead atoms. The summed E-state index contributed by atoms with van der Waals surface area (Å²) in [6.07, 6.45) is 1.27. The van der Waals surface area contributed by atoms with Gasteiger partial charge in [0, 0.05) is 12.1 Å². The fraction of sp³-hybridized carbons (Fsp3) is 0.409. The number of hydrogen-bond acceptors (Lipinski definition) is 4. The Morgan fingerprint density at radius 3 is 2.33 bits per heavy atom. The fourth-order valence-electron chi connectivity index (χ4n) is 3.04. The number of ether oxygens (including phenoxy) is 2. The minimum absolute atomic E-state index is 0.0430. The lowest BCUT2D eigenvalue weighted by Gasteiger charge is -2.25. The molecular formula is C22H30N2O3. The molecule has 27 heavy (non-hydrogen) atoms. The average Bonchev–Trinajstić information content (AvgIpc) is 2.68. The Bertz CT molecular complexity index is 742. The smallest absolute Gasteiger partial charge is 0.224 e. The Balaban J connectivity index is 2.03. The number of carbonyl (C=O) groups excluding carboxylic acids is 1. The number of hydrogen-bond donors (Lipinski definition) is 1. The van der Waals surface area contributed by atoms with E-state index in [2.05, 4.69) is 41.4 Å². The second-order valence-corrected chi connectivity index (χ2v) is 6.73. The van der Waals surface area contributed by atoms with E-state index in [1.807, 2.05) is 32.3 Å². The van der Waals surface area contributed by atoms with Crippen LogP contribution in [-0.4, -0.2) is 45.7 Å². The quantitative estimate of drug-likeness (QED) is 0.736. The van der Waals surface area contributed by atoms with E-state index in [4.69, 9.17) is 9.47 Å². The number of carbonyl (C=O) groups is 1. The van der Waals surface area contributed by atoms with Crippen LogP contribution >= 0.6 is 0 Å². The Morgan fingerprint density at radius 2 is 1.78 bits per heavy atom. The molecule has 2 aromatic carbocycles. The van der Waals surface area contributed by atoms with E-state index in [0.717, 1.165) is 12.0 Å². The van der Waals surface area contributed by atoms with Crippen LogP contribution in [0.4, 0.5) is 0 Å². The summed E-state index contributed by atoms with van der Waals surface area (Å²) in [5.74, 6) is 1.35. The lowest BCUT2D eigenvalue weighted by Crippen LogP contribution is -2.35. The maximum absolute atomic E-state index is 12.5. The van der Waals surface area contributed by atoms with Gasteiger partial charge in [0.1, 0.15) is 11.5 Å². The molecule has 0 aromatic heterocycles. The second kappa shape index (κ2) is 9.97. The number of nitrogens with zero attached hydrogens (tertiary/aromatic N) is 1. The first kappa shape index (κ1) is 20.8. The van der Waals surface area contributed by atoms with Crippen LogP contribution in [0.1, 0.15) is 29.7 Å². The van der Waals surface area contributed by atoms with Gasteiger partial charge in [-0.2, -0.15) is 0 Å². The van der Waals surface area contributed by atoms with Crippen molar-refractivity contribution in [2.24, 2.45) is 0 Å². The van der Waals surface area contributed by atoms with Gasteiger partial charge < -0.3 is 19.7 Å². The molecule has 0 aliphatic carbocycles. The van der Waals surface area contributed by atoms with E-state index >= 15 is 0 Å². The normalized spacial score (nSPS) is 11.9. The molecule has 1 unspecified atom stereocenters. The number of nitrogens with one attached hydrogen (secondary N) is 1. The molecule has 0 saturated carbocycles. The number of benzene rings is 2.